The van der Waals surface area contributed by atoms with Crippen LogP contribution >= 0.6 is 11.3 Å². The van der Waals surface area contributed by atoms with Crippen molar-refractivity contribution >= 4 is 17.2 Å². The molecule has 5 nitrogen and oxygen atoms in total. The number of likely N-dealkylation sites (tertiary alicyclic amines) is 1. The van der Waals surface area contributed by atoms with Gasteiger partial charge in [-0.2, -0.15) is 0 Å². The molecule has 1 saturated heterocycles. The largest absolute Gasteiger partial charge is 0.345 e. The Bertz CT molecular complexity index is 681. The van der Waals surface area contributed by atoms with E-state index in [2.05, 4.69) is 16.0 Å². The predicted octanol–water partition coefficient (Wildman–Crippen LogP) is 2.17. The van der Waals surface area contributed by atoms with Crippen LogP contribution in [0.5, 0.6) is 0 Å². The van der Waals surface area contributed by atoms with Gasteiger partial charge < -0.3 is 9.88 Å². The number of nitrogens with one attached hydrogen (secondary N) is 1. The van der Waals surface area contributed by atoms with Crippen LogP contribution in [0.15, 0.2) is 34.6 Å². The second kappa shape index (κ2) is 6.87. The van der Waals surface area contributed by atoms with Crippen LogP contribution in [0.4, 0.5) is 0 Å². The summed E-state index contributed by atoms with van der Waals surface area (Å²) in [6.07, 6.45) is 4.87. The summed E-state index contributed by atoms with van der Waals surface area (Å²) in [6.45, 7) is 1.50. The second-order valence-corrected chi connectivity index (χ2v) is 6.62. The van der Waals surface area contributed by atoms with Crippen molar-refractivity contribution in [2.45, 2.75) is 31.6 Å². The average Bonchev–Trinajstić information content (AvgIpc) is 3.06. The first kappa shape index (κ1) is 15.0. The van der Waals surface area contributed by atoms with Crippen molar-refractivity contribution in [3.8, 4) is 0 Å². The number of amides is 1. The van der Waals surface area contributed by atoms with Crippen LogP contribution in [0.25, 0.3) is 0 Å². The van der Waals surface area contributed by atoms with E-state index in [9.17, 15) is 9.59 Å². The summed E-state index contributed by atoms with van der Waals surface area (Å²) in [4.78, 5) is 33.3. The summed E-state index contributed by atoms with van der Waals surface area (Å²) in [5.74, 6) is 0.407. The van der Waals surface area contributed by atoms with Crippen molar-refractivity contribution < 1.29 is 4.79 Å². The fraction of sp³-hybridized carbons (Fsp3) is 0.438. The fourth-order valence-electron chi connectivity index (χ4n) is 2.92. The summed E-state index contributed by atoms with van der Waals surface area (Å²) in [5, 5.41) is 2.04. The van der Waals surface area contributed by atoms with Gasteiger partial charge in [0.15, 0.2) is 0 Å². The number of hydrogen-bond donors (Lipinski definition) is 1. The Morgan fingerprint density at radius 1 is 1.45 bits per heavy atom. The highest BCUT2D eigenvalue weighted by atomic mass is 32.1. The van der Waals surface area contributed by atoms with E-state index in [0.29, 0.717) is 13.0 Å². The van der Waals surface area contributed by atoms with Crippen LogP contribution in [0.3, 0.4) is 0 Å². The van der Waals surface area contributed by atoms with Gasteiger partial charge in [0.2, 0.25) is 5.91 Å². The third kappa shape index (κ3) is 3.62. The molecule has 1 aliphatic heterocycles. The highest BCUT2D eigenvalue weighted by molar-refractivity contribution is 7.09. The smallest absolute Gasteiger partial charge is 0.342 e. The Morgan fingerprint density at radius 2 is 2.36 bits per heavy atom. The van der Waals surface area contributed by atoms with E-state index in [0.717, 1.165) is 31.5 Å². The maximum absolute atomic E-state index is 12.4. The Balaban J connectivity index is 1.60. The number of thiophene rings is 1. The third-order valence-electron chi connectivity index (χ3n) is 4.08. The number of carbonyl (C=O) groups excluding carboxylic acids is 1. The number of piperidine rings is 1. The number of rotatable bonds is 4. The van der Waals surface area contributed by atoms with Gasteiger partial charge in [0.1, 0.15) is 0 Å². The molecule has 116 valence electrons. The number of aromatic nitrogens is 2. The van der Waals surface area contributed by atoms with Crippen molar-refractivity contribution in [3.63, 3.8) is 0 Å². The molecule has 1 fully saturated rings. The minimum absolute atomic E-state index is 0.203. The normalized spacial score (nSPS) is 18.4. The first-order chi connectivity index (χ1) is 10.7. The Kier molecular flexibility index (Phi) is 4.68. The molecule has 2 aromatic rings. The third-order valence-corrected chi connectivity index (χ3v) is 5.01. The first-order valence-corrected chi connectivity index (χ1v) is 8.46. The van der Waals surface area contributed by atoms with Crippen molar-refractivity contribution in [2.24, 2.45) is 0 Å². The standard InChI is InChI=1S/C16H19N3O2S/c20-15(6-5-13-4-2-10-22-13)19-9-1-3-12(11-19)14-7-8-17-16(21)18-14/h2,4,7-8,10,12H,1,3,5-6,9,11H2,(H,17,18,21). The van der Waals surface area contributed by atoms with Crippen LogP contribution < -0.4 is 5.69 Å². The van der Waals surface area contributed by atoms with E-state index >= 15 is 0 Å². The summed E-state index contributed by atoms with van der Waals surface area (Å²) in [5.41, 5.74) is 0.564. The molecular weight excluding hydrogens is 298 g/mol. The lowest BCUT2D eigenvalue weighted by Gasteiger charge is -2.32. The van der Waals surface area contributed by atoms with Gasteiger partial charge in [-0.1, -0.05) is 6.07 Å². The highest BCUT2D eigenvalue weighted by Gasteiger charge is 2.25. The molecule has 3 heterocycles. The molecule has 2 aromatic heterocycles. The maximum atomic E-state index is 12.4. The summed E-state index contributed by atoms with van der Waals surface area (Å²) in [6, 6.07) is 5.92. The SMILES string of the molecule is O=C(CCc1cccs1)N1CCCC(c2ccnc(=O)[nH]2)C1. The Morgan fingerprint density at radius 3 is 3.14 bits per heavy atom. The molecule has 1 N–H and O–H groups in total. The quantitative estimate of drug-likeness (QED) is 0.940. The summed E-state index contributed by atoms with van der Waals surface area (Å²) < 4.78 is 0. The van der Waals surface area contributed by atoms with Gasteiger partial charge in [-0.15, -0.1) is 11.3 Å². The van der Waals surface area contributed by atoms with E-state index in [4.69, 9.17) is 0 Å². The van der Waals surface area contributed by atoms with Crippen LogP contribution in [-0.2, 0) is 11.2 Å². The molecule has 0 saturated carbocycles. The minimum atomic E-state index is -0.321. The highest BCUT2D eigenvalue weighted by Crippen LogP contribution is 2.25. The maximum Gasteiger partial charge on any atom is 0.345 e. The molecule has 3 rings (SSSR count). The van der Waals surface area contributed by atoms with E-state index in [1.807, 2.05) is 22.4 Å². The fourth-order valence-corrected chi connectivity index (χ4v) is 3.63. The lowest BCUT2D eigenvalue weighted by atomic mass is 9.94. The number of hydrogen-bond acceptors (Lipinski definition) is 4. The Hall–Kier alpha value is -1.95. The predicted molar refractivity (Wildman–Crippen MR) is 86.1 cm³/mol. The zero-order chi connectivity index (χ0) is 15.4. The molecule has 0 aromatic carbocycles. The monoisotopic (exact) mass is 317 g/mol. The summed E-state index contributed by atoms with van der Waals surface area (Å²) >= 11 is 1.69. The van der Waals surface area contributed by atoms with Gasteiger partial charge in [0.25, 0.3) is 0 Å². The van der Waals surface area contributed by atoms with Gasteiger partial charge in [-0.25, -0.2) is 9.78 Å². The minimum Gasteiger partial charge on any atom is -0.342 e. The number of nitrogens with zero attached hydrogens (tertiary/aromatic N) is 2. The molecule has 1 aliphatic rings. The number of aryl methyl sites for hydroxylation is 1. The molecule has 22 heavy (non-hydrogen) atoms. The van der Waals surface area contributed by atoms with Gasteiger partial charge in [-0.05, 0) is 36.8 Å². The molecule has 0 bridgehead atoms. The van der Waals surface area contributed by atoms with Crippen LogP contribution in [0.1, 0.15) is 35.8 Å². The molecular formula is C16H19N3O2S. The van der Waals surface area contributed by atoms with Crippen molar-refractivity contribution in [2.75, 3.05) is 13.1 Å². The van der Waals surface area contributed by atoms with Crippen molar-refractivity contribution in [1.29, 1.82) is 0 Å². The van der Waals surface area contributed by atoms with Gasteiger partial charge in [0.05, 0.1) is 0 Å². The van der Waals surface area contributed by atoms with Gasteiger partial charge in [-0.3, -0.25) is 4.79 Å². The van der Waals surface area contributed by atoms with E-state index in [1.165, 1.54) is 11.1 Å². The molecule has 0 aliphatic carbocycles. The first-order valence-electron chi connectivity index (χ1n) is 7.58. The molecule has 0 radical (unpaired) electrons. The Labute approximate surface area is 133 Å². The summed E-state index contributed by atoms with van der Waals surface area (Å²) in [7, 11) is 0. The van der Waals surface area contributed by atoms with Crippen LogP contribution in [0.2, 0.25) is 0 Å². The van der Waals surface area contributed by atoms with Crippen LogP contribution in [0, 0.1) is 0 Å². The van der Waals surface area contributed by atoms with Crippen LogP contribution in [-0.4, -0.2) is 33.9 Å². The lowest BCUT2D eigenvalue weighted by molar-refractivity contribution is -0.132. The number of H-pyrrole nitrogens is 1. The van der Waals surface area contributed by atoms with Crippen molar-refractivity contribution in [3.05, 3.63) is 50.8 Å². The van der Waals surface area contributed by atoms with Gasteiger partial charge in [0, 0.05) is 42.2 Å². The zero-order valence-corrected chi connectivity index (χ0v) is 13.1. The molecule has 6 heteroatoms. The van der Waals surface area contributed by atoms with Gasteiger partial charge >= 0.3 is 5.69 Å². The average molecular weight is 317 g/mol. The molecule has 0 spiro atoms. The second-order valence-electron chi connectivity index (χ2n) is 5.59. The topological polar surface area (TPSA) is 66.1 Å². The molecule has 1 amide bonds. The lowest BCUT2D eigenvalue weighted by Crippen LogP contribution is -2.39. The van der Waals surface area contributed by atoms with Crippen molar-refractivity contribution in [1.82, 2.24) is 14.9 Å². The molecule has 1 atom stereocenters. The van der Waals surface area contributed by atoms with E-state index in [1.54, 1.807) is 11.3 Å². The molecule has 1 unspecified atom stereocenters. The zero-order valence-electron chi connectivity index (χ0n) is 12.3. The number of carbonyl (C=O) groups is 1. The number of aromatic amines is 1. The van der Waals surface area contributed by atoms with E-state index in [-0.39, 0.29) is 17.5 Å². The van der Waals surface area contributed by atoms with E-state index < -0.39 is 0 Å².